The van der Waals surface area contributed by atoms with E-state index in [-0.39, 0.29) is 6.09 Å². The molecule has 102 valence electrons. The lowest BCUT2D eigenvalue weighted by Gasteiger charge is -2.16. The topological polar surface area (TPSA) is 29.5 Å². The normalized spacial score (nSPS) is 28.7. The molecule has 2 unspecified atom stereocenters. The SMILES string of the molecule is O=C(OCc1ccccc1)N1CCC2(CC2CCl)C1. The van der Waals surface area contributed by atoms with Crippen LogP contribution >= 0.6 is 11.6 Å². The van der Waals surface area contributed by atoms with Crippen molar-refractivity contribution in [2.24, 2.45) is 11.3 Å². The summed E-state index contributed by atoms with van der Waals surface area (Å²) in [5, 5.41) is 0. The van der Waals surface area contributed by atoms with Crippen LogP contribution in [0.15, 0.2) is 30.3 Å². The zero-order chi connectivity index (χ0) is 13.3. The molecule has 2 aliphatic rings. The summed E-state index contributed by atoms with van der Waals surface area (Å²) in [6, 6.07) is 9.77. The van der Waals surface area contributed by atoms with Crippen LogP contribution in [0.25, 0.3) is 0 Å². The van der Waals surface area contributed by atoms with Crippen molar-refractivity contribution in [3.8, 4) is 0 Å². The zero-order valence-corrected chi connectivity index (χ0v) is 11.6. The Balaban J connectivity index is 1.50. The predicted octanol–water partition coefficient (Wildman–Crippen LogP) is 3.27. The number of carbonyl (C=O) groups is 1. The molecule has 1 aromatic rings. The zero-order valence-electron chi connectivity index (χ0n) is 10.8. The first kappa shape index (κ1) is 12.8. The van der Waals surface area contributed by atoms with Gasteiger partial charge < -0.3 is 9.64 Å². The minimum absolute atomic E-state index is 0.194. The molecule has 1 heterocycles. The van der Waals surface area contributed by atoms with E-state index in [1.165, 1.54) is 6.42 Å². The molecule has 0 bridgehead atoms. The largest absolute Gasteiger partial charge is 0.445 e. The van der Waals surface area contributed by atoms with Gasteiger partial charge in [-0.15, -0.1) is 11.6 Å². The highest BCUT2D eigenvalue weighted by Crippen LogP contribution is 2.58. The monoisotopic (exact) mass is 279 g/mol. The van der Waals surface area contributed by atoms with Crippen LogP contribution in [0.1, 0.15) is 18.4 Å². The van der Waals surface area contributed by atoms with Crippen molar-refractivity contribution in [2.75, 3.05) is 19.0 Å². The van der Waals surface area contributed by atoms with Gasteiger partial charge in [-0.1, -0.05) is 30.3 Å². The maximum atomic E-state index is 12.0. The molecule has 0 N–H and O–H groups in total. The van der Waals surface area contributed by atoms with Crippen LogP contribution in [-0.4, -0.2) is 30.0 Å². The minimum Gasteiger partial charge on any atom is -0.445 e. The molecule has 4 heteroatoms. The molecule has 1 amide bonds. The quantitative estimate of drug-likeness (QED) is 0.795. The van der Waals surface area contributed by atoms with Crippen molar-refractivity contribution in [3.63, 3.8) is 0 Å². The van der Waals surface area contributed by atoms with Crippen molar-refractivity contribution in [3.05, 3.63) is 35.9 Å². The maximum Gasteiger partial charge on any atom is 0.410 e. The van der Waals surface area contributed by atoms with Gasteiger partial charge >= 0.3 is 6.09 Å². The lowest BCUT2D eigenvalue weighted by atomic mass is 10.0. The van der Waals surface area contributed by atoms with E-state index in [1.807, 2.05) is 35.2 Å². The fourth-order valence-corrected chi connectivity index (χ4v) is 3.45. The lowest BCUT2D eigenvalue weighted by molar-refractivity contribution is 0.102. The first-order chi connectivity index (χ1) is 9.23. The summed E-state index contributed by atoms with van der Waals surface area (Å²) in [5.74, 6) is 1.31. The number of nitrogens with zero attached hydrogens (tertiary/aromatic N) is 1. The van der Waals surface area contributed by atoms with Gasteiger partial charge in [-0.25, -0.2) is 4.79 Å². The van der Waals surface area contributed by atoms with Crippen molar-refractivity contribution in [1.82, 2.24) is 4.90 Å². The van der Waals surface area contributed by atoms with Crippen molar-refractivity contribution < 1.29 is 9.53 Å². The van der Waals surface area contributed by atoms with E-state index >= 15 is 0 Å². The Kier molecular flexibility index (Phi) is 3.40. The molecule has 1 saturated heterocycles. The number of likely N-dealkylation sites (tertiary alicyclic amines) is 1. The van der Waals surface area contributed by atoms with Crippen LogP contribution in [-0.2, 0) is 11.3 Å². The molecular formula is C15H18ClNO2. The summed E-state index contributed by atoms with van der Waals surface area (Å²) in [5.41, 5.74) is 1.34. The Morgan fingerprint density at radius 2 is 2.21 bits per heavy atom. The molecular weight excluding hydrogens is 262 g/mol. The van der Waals surface area contributed by atoms with E-state index in [0.29, 0.717) is 23.8 Å². The van der Waals surface area contributed by atoms with Gasteiger partial charge in [0.25, 0.3) is 0 Å². The molecule has 3 nitrogen and oxygen atoms in total. The molecule has 3 rings (SSSR count). The van der Waals surface area contributed by atoms with Gasteiger partial charge in [-0.3, -0.25) is 0 Å². The van der Waals surface area contributed by atoms with Crippen LogP contribution in [0, 0.1) is 11.3 Å². The molecule has 2 fully saturated rings. The van der Waals surface area contributed by atoms with Gasteiger partial charge in [0.1, 0.15) is 6.61 Å². The average Bonchev–Trinajstić information content (AvgIpc) is 2.96. The summed E-state index contributed by atoms with van der Waals surface area (Å²) >= 11 is 5.90. The average molecular weight is 280 g/mol. The Labute approximate surface area is 118 Å². The van der Waals surface area contributed by atoms with Gasteiger partial charge in [0, 0.05) is 19.0 Å². The first-order valence-corrected chi connectivity index (χ1v) is 7.28. The number of rotatable bonds is 3. The van der Waals surface area contributed by atoms with E-state index in [2.05, 4.69) is 0 Å². The van der Waals surface area contributed by atoms with E-state index in [9.17, 15) is 4.79 Å². The number of halogens is 1. The third-order valence-electron chi connectivity index (χ3n) is 4.39. The highest BCUT2D eigenvalue weighted by Gasteiger charge is 2.57. The van der Waals surface area contributed by atoms with Crippen LogP contribution in [0.5, 0.6) is 0 Å². The molecule has 0 radical (unpaired) electrons. The van der Waals surface area contributed by atoms with Gasteiger partial charge in [-0.05, 0) is 29.7 Å². The second-order valence-electron chi connectivity index (χ2n) is 5.63. The first-order valence-electron chi connectivity index (χ1n) is 6.75. The van der Waals surface area contributed by atoms with Crippen LogP contribution < -0.4 is 0 Å². The van der Waals surface area contributed by atoms with Gasteiger partial charge in [0.05, 0.1) is 0 Å². The smallest absolute Gasteiger partial charge is 0.410 e. The van der Waals surface area contributed by atoms with E-state index in [1.54, 1.807) is 0 Å². The van der Waals surface area contributed by atoms with Gasteiger partial charge in [0.15, 0.2) is 0 Å². The second kappa shape index (κ2) is 5.04. The molecule has 1 aliphatic carbocycles. The van der Waals surface area contributed by atoms with Crippen LogP contribution in [0.3, 0.4) is 0 Å². The van der Waals surface area contributed by atoms with Crippen molar-refractivity contribution >= 4 is 17.7 Å². The fraction of sp³-hybridized carbons (Fsp3) is 0.533. The van der Waals surface area contributed by atoms with Gasteiger partial charge in [0.2, 0.25) is 0 Å². The number of hydrogen-bond donors (Lipinski definition) is 0. The fourth-order valence-electron chi connectivity index (χ4n) is 3.01. The molecule has 1 saturated carbocycles. The molecule has 1 aliphatic heterocycles. The molecule has 0 aromatic heterocycles. The molecule has 1 aromatic carbocycles. The summed E-state index contributed by atoms with van der Waals surface area (Å²) in [6.45, 7) is 1.97. The lowest BCUT2D eigenvalue weighted by Crippen LogP contribution is -2.29. The number of alkyl halides is 1. The minimum atomic E-state index is -0.194. The number of ether oxygens (including phenoxy) is 1. The molecule has 19 heavy (non-hydrogen) atoms. The summed E-state index contributed by atoms with van der Waals surface area (Å²) in [6.07, 6.45) is 2.05. The number of amides is 1. The highest BCUT2D eigenvalue weighted by molar-refractivity contribution is 6.18. The molecule has 1 spiro atoms. The summed E-state index contributed by atoms with van der Waals surface area (Å²) < 4.78 is 5.36. The summed E-state index contributed by atoms with van der Waals surface area (Å²) in [4.78, 5) is 13.8. The third-order valence-corrected chi connectivity index (χ3v) is 4.77. The molecule has 2 atom stereocenters. The maximum absolute atomic E-state index is 12.0. The van der Waals surface area contributed by atoms with Crippen LogP contribution in [0.4, 0.5) is 4.79 Å². The number of benzene rings is 1. The van der Waals surface area contributed by atoms with Crippen molar-refractivity contribution in [1.29, 1.82) is 0 Å². The Hall–Kier alpha value is -1.22. The summed E-state index contributed by atoms with van der Waals surface area (Å²) in [7, 11) is 0. The predicted molar refractivity (Wildman–Crippen MR) is 74.1 cm³/mol. The highest BCUT2D eigenvalue weighted by atomic mass is 35.5. The third kappa shape index (κ3) is 2.57. The van der Waals surface area contributed by atoms with Gasteiger partial charge in [-0.2, -0.15) is 0 Å². The van der Waals surface area contributed by atoms with E-state index in [0.717, 1.165) is 25.1 Å². The van der Waals surface area contributed by atoms with E-state index in [4.69, 9.17) is 16.3 Å². The Bertz CT molecular complexity index is 464. The number of hydrogen-bond acceptors (Lipinski definition) is 2. The number of carbonyl (C=O) groups excluding carboxylic acids is 1. The van der Waals surface area contributed by atoms with Crippen molar-refractivity contribution in [2.45, 2.75) is 19.4 Å². The Morgan fingerprint density at radius 1 is 1.42 bits per heavy atom. The van der Waals surface area contributed by atoms with Crippen LogP contribution in [0.2, 0.25) is 0 Å². The standard InChI is InChI=1S/C15H18ClNO2/c16-9-13-8-15(13)6-7-17(11-15)14(18)19-10-12-4-2-1-3-5-12/h1-5,13H,6-11H2. The Morgan fingerprint density at radius 3 is 2.89 bits per heavy atom. The second-order valence-corrected chi connectivity index (χ2v) is 5.94. The van der Waals surface area contributed by atoms with E-state index < -0.39 is 0 Å².